The number of hydrogen-bond donors (Lipinski definition) is 14. The molecule has 0 aliphatic rings. The zero-order chi connectivity index (χ0) is 83.3. The second kappa shape index (κ2) is 33.2. The molecule has 42 nitrogen and oxygen atoms in total. The number of carboxylic acid groups (broad SMARTS) is 2. The van der Waals surface area contributed by atoms with E-state index in [0.717, 1.165) is 61.5 Å². The van der Waals surface area contributed by atoms with Crippen molar-refractivity contribution in [2.45, 2.75) is 43.2 Å². The number of nitrogens with zero attached hydrogens (tertiary/aromatic N) is 12. The summed E-state index contributed by atoms with van der Waals surface area (Å²) in [6.07, 6.45) is 7.85. The van der Waals surface area contributed by atoms with Gasteiger partial charge in [0.05, 0.1) is 70.7 Å². The number of carboxylic acids is 2. The van der Waals surface area contributed by atoms with Crippen LogP contribution in [0.1, 0.15) is 45.7 Å². The van der Waals surface area contributed by atoms with Gasteiger partial charge in [-0.2, -0.15) is 52.3 Å². The molecule has 0 saturated heterocycles. The molecule has 12 aromatic rings. The van der Waals surface area contributed by atoms with Crippen LogP contribution in [0.2, 0.25) is 0 Å². The molecule has 0 spiro atoms. The lowest BCUT2D eigenvalue weighted by molar-refractivity contribution is -0.604. The summed E-state index contributed by atoms with van der Waals surface area (Å²) in [6, 6.07) is 32.1. The molecular weight excluding hydrogens is 1650 g/mol. The van der Waals surface area contributed by atoms with Crippen molar-refractivity contribution in [3.63, 3.8) is 0 Å². The Labute approximate surface area is 656 Å². The number of pyridine rings is 2. The Morgan fingerprint density at radius 1 is 0.414 bits per heavy atom. The first-order valence-electron chi connectivity index (χ1n) is 32.2. The molecule has 592 valence electrons. The highest BCUT2D eigenvalue weighted by molar-refractivity contribution is 7.94. The number of hydrogen-bond acceptors (Lipinski definition) is 32. The Morgan fingerprint density at radius 2 is 0.793 bits per heavy atom. The minimum absolute atomic E-state index is 0.0272. The summed E-state index contributed by atoms with van der Waals surface area (Å²) in [5.74, 6) is -5.34. The van der Waals surface area contributed by atoms with Crippen LogP contribution in [0, 0.1) is 0 Å². The standard InChI is InChI=1S/C68H50N18O24S6/c1-35(87)69-53-27-41(19-21-51(53)83-81-45-25-49-47(59(31-45)115(103,104)105)9-3-11-56(49)112(94,95)96)71-63-75-65(79-67(77-63)85-23-5-7-39(33-85)61(89)90)73-43-17-15-37(55(29-43)111-110-109-93)13-14-38-16-18-44(30-58(38)114(100,101)102)74-66-76-64(78-68(80-66)86-24-6-8-40(34-86)62(91)92)72-42-20-22-52(54(28-42)70-36(2)88)84-82-46-26-50-48(60(32-46)116(106,107)108)10-4-12-57(50)113(97,98)99/h3-34H,1-2H3,(H12-2,69,70,71,72,73,74,75,76,77,78,79,80,81,82,83,84,87,88,89,90,91,92,93,94,95,96,97,98,99,100,101,102,103,104,105,106,107,108)/p+2. The molecule has 48 heteroatoms. The van der Waals surface area contributed by atoms with Crippen molar-refractivity contribution in [3.8, 4) is 11.9 Å². The number of fused-ring (bicyclic) bond motifs is 2. The lowest BCUT2D eigenvalue weighted by Gasteiger charge is -2.11. The monoisotopic (exact) mass is 1700 g/mol. The number of rotatable bonds is 28. The van der Waals surface area contributed by atoms with Crippen LogP contribution in [0.4, 0.5) is 80.7 Å². The van der Waals surface area contributed by atoms with Gasteiger partial charge in [-0.1, -0.05) is 53.6 Å². The highest BCUT2D eigenvalue weighted by Crippen LogP contribution is 2.40. The second-order valence-corrected chi connectivity index (χ2v) is 31.6. The molecule has 0 radical (unpaired) electrons. The fourth-order valence-corrected chi connectivity index (χ4v) is 15.1. The summed E-state index contributed by atoms with van der Waals surface area (Å²) in [5, 5.41) is 65.0. The van der Waals surface area contributed by atoms with Gasteiger partial charge in [-0.15, -0.1) is 24.5 Å². The number of benzene rings is 8. The van der Waals surface area contributed by atoms with Crippen molar-refractivity contribution >= 4 is 201 Å². The molecule has 0 aliphatic carbocycles. The largest absolute Gasteiger partial charge is 0.478 e. The first kappa shape index (κ1) is 81.9. The molecule has 0 saturated carbocycles. The van der Waals surface area contributed by atoms with Gasteiger partial charge in [-0.3, -0.25) is 32.4 Å². The van der Waals surface area contributed by atoms with E-state index in [1.54, 1.807) is 0 Å². The van der Waals surface area contributed by atoms with Gasteiger partial charge in [0.1, 0.15) is 35.9 Å². The third kappa shape index (κ3) is 19.9. The molecule has 14 N–H and O–H groups in total. The number of nitrogens with one attached hydrogen (secondary N) is 6. The summed E-state index contributed by atoms with van der Waals surface area (Å²) in [4.78, 5) is 72.7. The van der Waals surface area contributed by atoms with E-state index in [4.69, 9.17) is 4.33 Å². The van der Waals surface area contributed by atoms with Crippen LogP contribution in [-0.4, -0.2) is 134 Å². The van der Waals surface area contributed by atoms with E-state index in [1.165, 1.54) is 156 Å². The van der Waals surface area contributed by atoms with Crippen molar-refractivity contribution in [2.75, 3.05) is 31.9 Å². The zero-order valence-electron chi connectivity index (χ0n) is 58.4. The van der Waals surface area contributed by atoms with E-state index in [0.29, 0.717) is 12.0 Å². The first-order chi connectivity index (χ1) is 54.8. The Hall–Kier alpha value is -13.6. The fraction of sp³-hybridized carbons (Fsp3) is 0.0294. The Bertz CT molecular complexity index is 6810. The quantitative estimate of drug-likeness (QED) is 0.00412. The van der Waals surface area contributed by atoms with Crippen molar-refractivity contribution in [1.82, 2.24) is 29.9 Å². The predicted molar refractivity (Wildman–Crippen MR) is 409 cm³/mol. The Balaban J connectivity index is 0.832. The van der Waals surface area contributed by atoms with Crippen molar-refractivity contribution in [3.05, 3.63) is 205 Å². The van der Waals surface area contributed by atoms with E-state index < -0.39 is 98.8 Å². The lowest BCUT2D eigenvalue weighted by Crippen LogP contribution is -2.34. The average molecular weight is 1700 g/mol. The summed E-state index contributed by atoms with van der Waals surface area (Å²) in [5.41, 5.74) is -0.749. The number of aromatic nitrogens is 8. The van der Waals surface area contributed by atoms with Crippen LogP contribution in [0.15, 0.2) is 232 Å². The molecule has 12 rings (SSSR count). The number of carbonyl (C=O) groups is 4. The number of azo groups is 2. The van der Waals surface area contributed by atoms with Crippen LogP contribution in [-0.2, 0) is 69.6 Å². The van der Waals surface area contributed by atoms with E-state index >= 15 is 0 Å². The van der Waals surface area contributed by atoms with Gasteiger partial charge < -0.3 is 42.1 Å². The van der Waals surface area contributed by atoms with Crippen molar-refractivity contribution < 1.29 is 118 Å². The van der Waals surface area contributed by atoms with Crippen LogP contribution in [0.5, 0.6) is 0 Å². The van der Waals surface area contributed by atoms with Gasteiger partial charge in [0.15, 0.2) is 0 Å². The molecule has 0 fully saturated rings. The maximum Gasteiger partial charge on any atom is 0.444 e. The number of amides is 2. The van der Waals surface area contributed by atoms with E-state index in [-0.39, 0.29) is 141 Å². The summed E-state index contributed by atoms with van der Waals surface area (Å²) < 4.78 is 184. The van der Waals surface area contributed by atoms with Crippen LogP contribution in [0.3, 0.4) is 0 Å². The second-order valence-electron chi connectivity index (χ2n) is 23.9. The smallest absolute Gasteiger partial charge is 0.444 e. The van der Waals surface area contributed by atoms with Gasteiger partial charge in [-0.05, 0) is 152 Å². The Kier molecular flexibility index (Phi) is 23.4. The minimum Gasteiger partial charge on any atom is -0.478 e. The highest BCUT2D eigenvalue weighted by Gasteiger charge is 2.28. The number of aromatic carboxylic acids is 2. The molecule has 0 bridgehead atoms. The van der Waals surface area contributed by atoms with Gasteiger partial charge in [0, 0.05) is 63.0 Å². The molecule has 2 amide bonds. The van der Waals surface area contributed by atoms with Gasteiger partial charge >= 0.3 is 47.6 Å². The Morgan fingerprint density at radius 3 is 1.18 bits per heavy atom. The van der Waals surface area contributed by atoms with Crippen LogP contribution in [0.25, 0.3) is 45.6 Å². The van der Waals surface area contributed by atoms with Gasteiger partial charge in [0.2, 0.25) is 11.8 Å². The summed E-state index contributed by atoms with van der Waals surface area (Å²) in [7, 11) is -25.1. The molecule has 0 aliphatic heterocycles. The maximum atomic E-state index is 13.3. The fourth-order valence-electron chi connectivity index (χ4n) is 11.0. The van der Waals surface area contributed by atoms with Crippen LogP contribution < -0.4 is 41.0 Å². The third-order valence-electron chi connectivity index (χ3n) is 15.8. The van der Waals surface area contributed by atoms with Crippen LogP contribution >= 0.6 is 12.0 Å². The van der Waals surface area contributed by atoms with Crippen molar-refractivity contribution in [2.24, 2.45) is 20.5 Å². The molecular formula is C68H52N18O24S6+2. The summed E-state index contributed by atoms with van der Waals surface area (Å²) in [6.45, 7) is 2.33. The summed E-state index contributed by atoms with van der Waals surface area (Å²) >= 11 is 0.453. The molecule has 8 aromatic carbocycles. The number of anilines is 10. The molecule has 4 aromatic heterocycles. The normalized spacial score (nSPS) is 12.2. The predicted octanol–water partition coefficient (Wildman–Crippen LogP) is 10.9. The molecule has 116 heavy (non-hydrogen) atoms. The van der Waals surface area contributed by atoms with E-state index in [2.05, 4.69) is 87.3 Å². The minimum atomic E-state index is -5.12. The van der Waals surface area contributed by atoms with E-state index in [9.17, 15) is 99.5 Å². The maximum absolute atomic E-state index is 13.3. The topological polar surface area (TPSA) is 626 Å². The van der Waals surface area contributed by atoms with Gasteiger partial charge in [0.25, 0.3) is 50.6 Å². The lowest BCUT2D eigenvalue weighted by atomic mass is 10.1. The third-order valence-corrected chi connectivity index (χ3v) is 21.0. The molecule has 4 heterocycles. The van der Waals surface area contributed by atoms with Gasteiger partial charge in [-0.25, -0.2) is 24.0 Å². The van der Waals surface area contributed by atoms with E-state index in [1.807, 2.05) is 0 Å². The SMILES string of the molecule is CC(=O)Nc1cc(Nc2nc(Nc3ccc(C=Cc4ccc(Nc5nc(Nc6ccc(N=Nc7cc(S(=O)(=O)O)c8cccc(S(=O)(=O)O)c8c7)c(NC(C)=O)c6)nc(-[n+]6cccc(C(=O)O)c6)n5)cc4S(=O)(=O)O)c(SOOO)c3)nc(-[n+]3cccc(C(=O)O)c3)n2)ccc1N=Nc1cc(S(=O)(=O)O)c2cccc(S(=O)(=O)O)c2c1. The first-order valence-corrected chi connectivity index (χ1v) is 40.1. The zero-order valence-corrected chi connectivity index (χ0v) is 63.3. The molecule has 0 unspecified atom stereocenters. The van der Waals surface area contributed by atoms with Crippen molar-refractivity contribution in [1.29, 1.82) is 0 Å². The highest BCUT2D eigenvalue weighted by atomic mass is 32.2. The molecule has 0 atom stereocenters. The number of carbonyl (C=O) groups excluding carboxylic acids is 2. The average Bonchev–Trinajstić information content (AvgIpc) is 0.764.